The van der Waals surface area contributed by atoms with Crippen molar-refractivity contribution in [1.82, 2.24) is 4.90 Å². The van der Waals surface area contributed by atoms with Crippen molar-refractivity contribution in [2.45, 2.75) is 84.3 Å². The minimum absolute atomic E-state index is 0.0506. The van der Waals surface area contributed by atoms with Gasteiger partial charge in [0.1, 0.15) is 11.8 Å². The van der Waals surface area contributed by atoms with E-state index in [1.807, 2.05) is 20.8 Å². The van der Waals surface area contributed by atoms with Crippen molar-refractivity contribution in [2.24, 2.45) is 5.92 Å². The van der Waals surface area contributed by atoms with Gasteiger partial charge in [-0.05, 0) is 51.7 Å². The first-order valence-electron chi connectivity index (χ1n) is 8.56. The average Bonchev–Trinajstić information content (AvgIpc) is 2.34. The molecular formula is C17H35NO4Si. The third kappa shape index (κ3) is 5.76. The molecule has 0 bridgehead atoms. The van der Waals surface area contributed by atoms with Crippen LogP contribution in [0.15, 0.2) is 0 Å². The van der Waals surface area contributed by atoms with Crippen LogP contribution >= 0.6 is 0 Å². The van der Waals surface area contributed by atoms with Crippen molar-refractivity contribution in [3.8, 4) is 0 Å². The average molecular weight is 346 g/mol. The Morgan fingerprint density at radius 1 is 1.22 bits per heavy atom. The number of piperidine rings is 1. The molecule has 1 N–H and O–H groups in total. The molecule has 0 aromatic rings. The molecule has 2 atom stereocenters. The van der Waals surface area contributed by atoms with Crippen LogP contribution in [-0.4, -0.2) is 49.4 Å². The summed E-state index contributed by atoms with van der Waals surface area (Å²) in [5.74, 6) is -0.0506. The third-order valence-corrected chi connectivity index (χ3v) is 9.31. The minimum atomic E-state index is -1.85. The van der Waals surface area contributed by atoms with Gasteiger partial charge in [-0.25, -0.2) is 4.79 Å². The summed E-state index contributed by atoms with van der Waals surface area (Å²) >= 11 is 0. The lowest BCUT2D eigenvalue weighted by Crippen LogP contribution is -2.52. The van der Waals surface area contributed by atoms with Crippen LogP contribution < -0.4 is 0 Å². The van der Waals surface area contributed by atoms with E-state index in [9.17, 15) is 9.90 Å². The van der Waals surface area contributed by atoms with Gasteiger partial charge in [0.25, 0.3) is 0 Å². The molecule has 1 unspecified atom stereocenters. The van der Waals surface area contributed by atoms with Gasteiger partial charge >= 0.3 is 6.09 Å². The van der Waals surface area contributed by atoms with Crippen LogP contribution in [0.2, 0.25) is 18.1 Å². The fourth-order valence-electron chi connectivity index (χ4n) is 2.28. The lowest BCUT2D eigenvalue weighted by Gasteiger charge is -2.41. The molecule has 0 aromatic heterocycles. The second-order valence-corrected chi connectivity index (χ2v) is 13.9. The molecule has 0 aliphatic carbocycles. The van der Waals surface area contributed by atoms with Crippen LogP contribution in [0.3, 0.4) is 0 Å². The Balaban J connectivity index is 2.67. The smallest absolute Gasteiger partial charge is 0.412 e. The Hall–Kier alpha value is -0.593. The van der Waals surface area contributed by atoms with E-state index in [1.54, 1.807) is 0 Å². The summed E-state index contributed by atoms with van der Waals surface area (Å²) in [7, 11) is -1.85. The van der Waals surface area contributed by atoms with Gasteiger partial charge < -0.3 is 14.3 Å². The second kappa shape index (κ2) is 7.11. The Kier molecular flexibility index (Phi) is 6.32. The summed E-state index contributed by atoms with van der Waals surface area (Å²) in [4.78, 5) is 13.7. The molecule has 23 heavy (non-hydrogen) atoms. The molecule has 136 valence electrons. The number of aliphatic hydroxyl groups is 1. The second-order valence-electron chi connectivity index (χ2n) is 9.06. The largest absolute Gasteiger partial charge is 0.444 e. The summed E-state index contributed by atoms with van der Waals surface area (Å²) in [5, 5.41) is 10.7. The van der Waals surface area contributed by atoms with Gasteiger partial charge in [0.05, 0.1) is 0 Å². The monoisotopic (exact) mass is 345 g/mol. The number of carbonyl (C=O) groups is 1. The summed E-state index contributed by atoms with van der Waals surface area (Å²) in [6.07, 6.45) is 0.460. The highest BCUT2D eigenvalue weighted by Gasteiger charge is 2.40. The van der Waals surface area contributed by atoms with Gasteiger partial charge in [-0.2, -0.15) is 0 Å². The highest BCUT2D eigenvalue weighted by Crippen LogP contribution is 2.37. The number of amides is 1. The van der Waals surface area contributed by atoms with E-state index in [2.05, 4.69) is 33.9 Å². The number of hydrogen-bond acceptors (Lipinski definition) is 4. The summed E-state index contributed by atoms with van der Waals surface area (Å²) in [5.41, 5.74) is -0.554. The maximum absolute atomic E-state index is 12.2. The zero-order valence-corrected chi connectivity index (χ0v) is 17.1. The van der Waals surface area contributed by atoms with E-state index in [0.29, 0.717) is 13.2 Å². The molecule has 0 saturated carbocycles. The molecule has 0 radical (unpaired) electrons. The van der Waals surface area contributed by atoms with Gasteiger partial charge in [0, 0.05) is 19.1 Å². The number of aliphatic hydroxyl groups excluding tert-OH is 1. The van der Waals surface area contributed by atoms with E-state index in [1.165, 1.54) is 4.90 Å². The minimum Gasteiger partial charge on any atom is -0.444 e. The number of rotatable bonds is 3. The Morgan fingerprint density at radius 2 is 1.78 bits per heavy atom. The molecule has 1 fully saturated rings. The molecular weight excluding hydrogens is 310 g/mol. The number of nitrogens with zero attached hydrogens (tertiary/aromatic N) is 1. The van der Waals surface area contributed by atoms with Gasteiger partial charge in [-0.3, -0.25) is 4.90 Å². The quantitative estimate of drug-likeness (QED) is 0.786. The Morgan fingerprint density at radius 3 is 2.26 bits per heavy atom. The topological polar surface area (TPSA) is 59.0 Å². The summed E-state index contributed by atoms with van der Waals surface area (Å²) in [6.45, 7) is 17.5. The van der Waals surface area contributed by atoms with Crippen molar-refractivity contribution in [2.75, 3.05) is 13.2 Å². The van der Waals surface area contributed by atoms with E-state index < -0.39 is 26.2 Å². The van der Waals surface area contributed by atoms with Crippen LogP contribution in [-0.2, 0) is 9.16 Å². The van der Waals surface area contributed by atoms with Crippen molar-refractivity contribution >= 4 is 14.4 Å². The first kappa shape index (κ1) is 20.5. The van der Waals surface area contributed by atoms with Crippen LogP contribution in [0.5, 0.6) is 0 Å². The molecule has 1 saturated heterocycles. The van der Waals surface area contributed by atoms with Gasteiger partial charge in [0.15, 0.2) is 8.32 Å². The number of carbonyl (C=O) groups excluding carboxylic acids is 1. The van der Waals surface area contributed by atoms with Crippen LogP contribution in [0, 0.1) is 5.92 Å². The maximum atomic E-state index is 12.2. The lowest BCUT2D eigenvalue weighted by atomic mass is 9.97. The van der Waals surface area contributed by atoms with Crippen molar-refractivity contribution in [3.05, 3.63) is 0 Å². The van der Waals surface area contributed by atoms with Crippen molar-refractivity contribution in [1.29, 1.82) is 0 Å². The molecule has 6 heteroatoms. The Labute approximate surface area is 142 Å². The summed E-state index contributed by atoms with van der Waals surface area (Å²) in [6, 6.07) is 0. The van der Waals surface area contributed by atoms with E-state index in [-0.39, 0.29) is 11.0 Å². The van der Waals surface area contributed by atoms with Crippen molar-refractivity contribution in [3.63, 3.8) is 0 Å². The lowest BCUT2D eigenvalue weighted by molar-refractivity contribution is -0.0821. The fourth-order valence-corrected chi connectivity index (χ4v) is 3.34. The molecule has 1 rings (SSSR count). The van der Waals surface area contributed by atoms with Gasteiger partial charge in [-0.15, -0.1) is 0 Å². The number of likely N-dealkylation sites (tertiary alicyclic amines) is 1. The van der Waals surface area contributed by atoms with Crippen LogP contribution in [0.25, 0.3) is 0 Å². The van der Waals surface area contributed by atoms with Gasteiger partial charge in [0.2, 0.25) is 0 Å². The maximum Gasteiger partial charge on any atom is 0.412 e. The van der Waals surface area contributed by atoms with E-state index in [4.69, 9.17) is 9.16 Å². The molecule has 1 amide bonds. The molecule has 1 aliphatic heterocycles. The fraction of sp³-hybridized carbons (Fsp3) is 0.941. The van der Waals surface area contributed by atoms with Crippen LogP contribution in [0.4, 0.5) is 4.79 Å². The molecule has 1 heterocycles. The molecule has 0 spiro atoms. The van der Waals surface area contributed by atoms with E-state index >= 15 is 0 Å². The predicted molar refractivity (Wildman–Crippen MR) is 94.8 cm³/mol. The highest BCUT2D eigenvalue weighted by atomic mass is 28.4. The standard InChI is InChI=1S/C17H35NO4Si/c1-16(2,3)22-15(20)18-11-9-10-13(14(18)19)12-21-23(7,8)17(4,5)6/h13-14,19H,9-12H2,1-8H3/t13-,14?/m1/s1. The van der Waals surface area contributed by atoms with Gasteiger partial charge in [-0.1, -0.05) is 20.8 Å². The van der Waals surface area contributed by atoms with E-state index in [0.717, 1.165) is 12.8 Å². The summed E-state index contributed by atoms with van der Waals surface area (Å²) < 4.78 is 11.6. The first-order valence-corrected chi connectivity index (χ1v) is 11.5. The SMILES string of the molecule is CC(C)(C)OC(=O)N1CCC[C@H](CO[Si](C)(C)C(C)(C)C)C1O. The number of hydrogen-bond donors (Lipinski definition) is 1. The number of ether oxygens (including phenoxy) is 1. The van der Waals surface area contributed by atoms with Crippen LogP contribution in [0.1, 0.15) is 54.4 Å². The first-order chi connectivity index (χ1) is 10.2. The zero-order valence-electron chi connectivity index (χ0n) is 16.1. The normalized spacial score (nSPS) is 23.8. The highest BCUT2D eigenvalue weighted by molar-refractivity contribution is 6.74. The Bertz CT molecular complexity index is 412. The van der Waals surface area contributed by atoms with Crippen molar-refractivity contribution < 1.29 is 19.1 Å². The molecule has 0 aromatic carbocycles. The third-order valence-electron chi connectivity index (χ3n) is 4.81. The molecule has 1 aliphatic rings. The molecule has 5 nitrogen and oxygen atoms in total. The predicted octanol–water partition coefficient (Wildman–Crippen LogP) is 3.97. The zero-order chi connectivity index (χ0) is 18.1.